The average Bonchev–Trinajstić information content (AvgIpc) is 3.03. The summed E-state index contributed by atoms with van der Waals surface area (Å²) in [6.45, 7) is 2.31. The second-order valence-electron chi connectivity index (χ2n) is 11.6. The first-order valence-electron chi connectivity index (χ1n) is 16.3. The number of rotatable bonds is 22. The van der Waals surface area contributed by atoms with E-state index in [9.17, 15) is 10.2 Å². The Balaban J connectivity index is 1.43. The van der Waals surface area contributed by atoms with Crippen molar-refractivity contribution in [1.29, 1.82) is 0 Å². The van der Waals surface area contributed by atoms with E-state index >= 15 is 0 Å². The Bertz CT molecular complexity index is 924. The maximum atomic E-state index is 11.0. The minimum absolute atomic E-state index is 0.0401. The van der Waals surface area contributed by atoms with Crippen molar-refractivity contribution < 1.29 is 14.9 Å². The lowest BCUT2D eigenvalue weighted by molar-refractivity contribution is -0.0802. The number of ether oxygens (including phenoxy) is 1. The molecule has 41 heavy (non-hydrogen) atoms. The molecule has 0 saturated carbocycles. The average molecular weight is 559 g/mol. The van der Waals surface area contributed by atoms with Crippen LogP contribution in [0.3, 0.4) is 0 Å². The summed E-state index contributed by atoms with van der Waals surface area (Å²) in [4.78, 5) is 0. The highest BCUT2D eigenvalue weighted by Crippen LogP contribution is 2.40. The quantitative estimate of drug-likeness (QED) is 0.0953. The van der Waals surface area contributed by atoms with Gasteiger partial charge in [0.1, 0.15) is 11.7 Å². The monoisotopic (exact) mass is 558 g/mol. The molecule has 0 heterocycles. The largest absolute Gasteiger partial charge is 0.390 e. The molecule has 3 nitrogen and oxygen atoms in total. The molecule has 3 rings (SSSR count). The number of hydrogen-bond donors (Lipinski definition) is 2. The van der Waals surface area contributed by atoms with E-state index in [1.165, 1.54) is 77.0 Å². The van der Waals surface area contributed by atoms with Crippen LogP contribution in [0.15, 0.2) is 91.0 Å². The molecule has 0 fully saturated rings. The second kappa shape index (κ2) is 19.6. The van der Waals surface area contributed by atoms with E-state index in [-0.39, 0.29) is 6.61 Å². The van der Waals surface area contributed by atoms with Crippen molar-refractivity contribution in [3.8, 4) is 0 Å². The van der Waals surface area contributed by atoms with Crippen LogP contribution in [0.2, 0.25) is 0 Å². The summed E-state index contributed by atoms with van der Waals surface area (Å²) < 4.78 is 6.68. The van der Waals surface area contributed by atoms with Gasteiger partial charge in [-0.15, -0.1) is 0 Å². The summed E-state index contributed by atoms with van der Waals surface area (Å²) in [5.74, 6) is 0. The van der Waals surface area contributed by atoms with Gasteiger partial charge >= 0.3 is 0 Å². The number of aliphatic hydroxyl groups is 2. The molecule has 0 amide bonds. The Morgan fingerprint density at radius 2 is 0.829 bits per heavy atom. The molecule has 2 N–H and O–H groups in total. The van der Waals surface area contributed by atoms with Crippen LogP contribution in [-0.4, -0.2) is 29.0 Å². The van der Waals surface area contributed by atoms with Gasteiger partial charge in [-0.1, -0.05) is 188 Å². The fourth-order valence-corrected chi connectivity index (χ4v) is 5.83. The minimum Gasteiger partial charge on any atom is -0.390 e. The van der Waals surface area contributed by atoms with Gasteiger partial charge in [0.25, 0.3) is 0 Å². The Morgan fingerprint density at radius 3 is 1.20 bits per heavy atom. The van der Waals surface area contributed by atoms with Crippen molar-refractivity contribution in [3.63, 3.8) is 0 Å². The van der Waals surface area contributed by atoms with E-state index < -0.39 is 17.8 Å². The normalized spacial score (nSPS) is 13.2. The van der Waals surface area contributed by atoms with Gasteiger partial charge in [0.2, 0.25) is 0 Å². The van der Waals surface area contributed by atoms with Crippen molar-refractivity contribution in [2.45, 2.75) is 121 Å². The summed E-state index contributed by atoms with van der Waals surface area (Å²) >= 11 is 0. The molecule has 0 radical (unpaired) electrons. The molecule has 0 aliphatic rings. The molecule has 0 aliphatic carbocycles. The van der Waals surface area contributed by atoms with Gasteiger partial charge in [0.05, 0.1) is 12.7 Å². The molecule has 0 saturated heterocycles. The van der Waals surface area contributed by atoms with E-state index in [1.807, 2.05) is 54.6 Å². The Labute approximate surface area is 250 Å². The van der Waals surface area contributed by atoms with Crippen LogP contribution >= 0.6 is 0 Å². The Kier molecular flexibility index (Phi) is 15.8. The number of hydrogen-bond acceptors (Lipinski definition) is 3. The second-order valence-corrected chi connectivity index (χ2v) is 11.6. The van der Waals surface area contributed by atoms with Crippen LogP contribution in [0.1, 0.15) is 120 Å². The van der Waals surface area contributed by atoms with Crippen LogP contribution in [0.25, 0.3) is 0 Å². The summed E-state index contributed by atoms with van der Waals surface area (Å²) in [6, 6.07) is 30.5. The van der Waals surface area contributed by atoms with Gasteiger partial charge in [-0.05, 0) is 23.1 Å². The van der Waals surface area contributed by atoms with Gasteiger partial charge in [0, 0.05) is 0 Å². The third-order valence-electron chi connectivity index (χ3n) is 8.31. The lowest BCUT2D eigenvalue weighted by Crippen LogP contribution is -2.39. The summed E-state index contributed by atoms with van der Waals surface area (Å²) in [5, 5.41) is 21.7. The zero-order valence-corrected chi connectivity index (χ0v) is 25.4. The first-order chi connectivity index (χ1) is 20.2. The van der Waals surface area contributed by atoms with Crippen LogP contribution in [0, 0.1) is 0 Å². The topological polar surface area (TPSA) is 49.7 Å². The zero-order valence-electron chi connectivity index (χ0n) is 25.4. The van der Waals surface area contributed by atoms with Crippen molar-refractivity contribution in [3.05, 3.63) is 108 Å². The molecule has 0 spiro atoms. The smallest absolute Gasteiger partial charge is 0.143 e. The predicted octanol–water partition coefficient (Wildman–Crippen LogP) is 9.59. The molecule has 0 aliphatic heterocycles. The first kappa shape index (κ1) is 33.0. The number of aliphatic hydroxyl groups excluding tert-OH is 2. The fourth-order valence-electron chi connectivity index (χ4n) is 5.83. The van der Waals surface area contributed by atoms with Crippen LogP contribution in [-0.2, 0) is 10.3 Å². The SMILES string of the molecule is CCCCCCCCCCCCCCCCC(O)C(O)COC(c1ccccc1)(c1ccccc1)c1ccccc1. The third-order valence-corrected chi connectivity index (χ3v) is 8.31. The molecule has 2 unspecified atom stereocenters. The summed E-state index contributed by atoms with van der Waals surface area (Å²) in [7, 11) is 0. The Hall–Kier alpha value is -2.46. The highest BCUT2D eigenvalue weighted by Gasteiger charge is 2.38. The van der Waals surface area contributed by atoms with Gasteiger partial charge in [-0.3, -0.25) is 0 Å². The standard InChI is InChI=1S/C38H54O3/c1-2-3-4-5-6-7-8-9-10-11-12-13-14-24-31-36(39)37(40)32-41-38(33-25-18-15-19-26-33,34-27-20-16-21-28-34)35-29-22-17-23-30-35/h15-23,25-30,36-37,39-40H,2-14,24,31-32H2,1H3. The summed E-state index contributed by atoms with van der Waals surface area (Å²) in [5.41, 5.74) is 2.09. The molecule has 3 heteroatoms. The molecule has 0 bridgehead atoms. The molecule has 224 valence electrons. The predicted molar refractivity (Wildman–Crippen MR) is 172 cm³/mol. The van der Waals surface area contributed by atoms with E-state index in [0.717, 1.165) is 29.5 Å². The molecular weight excluding hydrogens is 504 g/mol. The van der Waals surface area contributed by atoms with Crippen molar-refractivity contribution in [2.75, 3.05) is 6.61 Å². The van der Waals surface area contributed by atoms with Crippen molar-refractivity contribution >= 4 is 0 Å². The molecule has 3 aromatic rings. The van der Waals surface area contributed by atoms with Crippen LogP contribution in [0.4, 0.5) is 0 Å². The Morgan fingerprint density at radius 1 is 0.488 bits per heavy atom. The van der Waals surface area contributed by atoms with E-state index in [0.29, 0.717) is 6.42 Å². The van der Waals surface area contributed by atoms with Gasteiger partial charge < -0.3 is 14.9 Å². The third kappa shape index (κ3) is 11.0. The lowest BCUT2D eigenvalue weighted by Gasteiger charge is -2.37. The maximum Gasteiger partial charge on any atom is 0.143 e. The number of unbranched alkanes of at least 4 members (excludes halogenated alkanes) is 13. The van der Waals surface area contributed by atoms with E-state index in [2.05, 4.69) is 43.3 Å². The maximum absolute atomic E-state index is 11.0. The summed E-state index contributed by atoms with van der Waals surface area (Å²) in [6.07, 6.45) is 17.1. The van der Waals surface area contributed by atoms with E-state index in [1.54, 1.807) is 0 Å². The highest BCUT2D eigenvalue weighted by atomic mass is 16.5. The van der Waals surface area contributed by atoms with Gasteiger partial charge in [-0.25, -0.2) is 0 Å². The molecule has 2 atom stereocenters. The highest BCUT2D eigenvalue weighted by molar-refractivity contribution is 5.47. The van der Waals surface area contributed by atoms with E-state index in [4.69, 9.17) is 4.74 Å². The van der Waals surface area contributed by atoms with Crippen molar-refractivity contribution in [1.82, 2.24) is 0 Å². The van der Waals surface area contributed by atoms with Crippen LogP contribution in [0.5, 0.6) is 0 Å². The molecule has 0 aromatic heterocycles. The van der Waals surface area contributed by atoms with Gasteiger partial charge in [0.15, 0.2) is 0 Å². The van der Waals surface area contributed by atoms with Crippen LogP contribution < -0.4 is 0 Å². The molecule has 3 aromatic carbocycles. The lowest BCUT2D eigenvalue weighted by atomic mass is 9.80. The van der Waals surface area contributed by atoms with Crippen molar-refractivity contribution in [2.24, 2.45) is 0 Å². The molecular formula is C38H54O3. The number of benzene rings is 3. The van der Waals surface area contributed by atoms with Gasteiger partial charge in [-0.2, -0.15) is 0 Å². The first-order valence-corrected chi connectivity index (χ1v) is 16.3. The fraction of sp³-hybridized carbons (Fsp3) is 0.526. The zero-order chi connectivity index (χ0) is 29.0. The minimum atomic E-state index is -0.951.